The van der Waals surface area contributed by atoms with Gasteiger partial charge < -0.3 is 15.0 Å². The summed E-state index contributed by atoms with van der Waals surface area (Å²) in [5.41, 5.74) is 0.444. The Kier molecular flexibility index (Phi) is 5.88. The summed E-state index contributed by atoms with van der Waals surface area (Å²) in [7, 11) is 0. The number of amides is 2. The van der Waals surface area contributed by atoms with Crippen molar-refractivity contribution in [1.82, 2.24) is 15.1 Å². The van der Waals surface area contributed by atoms with Crippen LogP contribution in [0.15, 0.2) is 24.3 Å². The molecule has 0 aromatic heterocycles. The summed E-state index contributed by atoms with van der Waals surface area (Å²) >= 11 is 0. The summed E-state index contributed by atoms with van der Waals surface area (Å²) in [6.07, 6.45) is 1.13. The predicted octanol–water partition coefficient (Wildman–Crippen LogP) is 1.16. The number of rotatable bonds is 5. The zero-order chi connectivity index (χ0) is 18.6. The standard InChI is InChI=1S/C19H26FN3O3/c1-2-26-12-18(25)23-9-7-19(14-23)13-22(8-6-17(24)21-19)11-15-4-3-5-16(20)10-15/h3-5,10H,2,6-9,11-14H2,1H3,(H,21,24). The minimum absolute atomic E-state index is 0.00542. The van der Waals surface area contributed by atoms with Gasteiger partial charge in [-0.3, -0.25) is 14.5 Å². The molecule has 2 fully saturated rings. The van der Waals surface area contributed by atoms with Crippen LogP contribution in [-0.2, 0) is 20.9 Å². The summed E-state index contributed by atoms with van der Waals surface area (Å²) in [5.74, 6) is -0.292. The summed E-state index contributed by atoms with van der Waals surface area (Å²) in [6.45, 7) is 5.39. The van der Waals surface area contributed by atoms with E-state index in [2.05, 4.69) is 10.2 Å². The lowest BCUT2D eigenvalue weighted by molar-refractivity contribution is -0.135. The maximum Gasteiger partial charge on any atom is 0.248 e. The number of likely N-dealkylation sites (tertiary alicyclic amines) is 1. The molecule has 3 rings (SSSR count). The number of hydrogen-bond donors (Lipinski definition) is 1. The first-order valence-electron chi connectivity index (χ1n) is 9.13. The number of ether oxygens (including phenoxy) is 1. The van der Waals surface area contributed by atoms with Crippen LogP contribution >= 0.6 is 0 Å². The third-order valence-electron chi connectivity index (χ3n) is 5.02. The molecule has 0 radical (unpaired) electrons. The molecule has 1 N–H and O–H groups in total. The molecule has 0 saturated carbocycles. The fourth-order valence-electron chi connectivity index (χ4n) is 3.79. The third kappa shape index (κ3) is 4.59. The normalized spacial score (nSPS) is 23.9. The minimum atomic E-state index is -0.442. The van der Waals surface area contributed by atoms with Crippen molar-refractivity contribution in [2.75, 3.05) is 39.4 Å². The van der Waals surface area contributed by atoms with Gasteiger partial charge >= 0.3 is 0 Å². The maximum atomic E-state index is 13.5. The van der Waals surface area contributed by atoms with Crippen molar-refractivity contribution in [3.63, 3.8) is 0 Å². The smallest absolute Gasteiger partial charge is 0.248 e. The van der Waals surface area contributed by atoms with Crippen molar-refractivity contribution in [2.24, 2.45) is 0 Å². The molecule has 1 aromatic carbocycles. The van der Waals surface area contributed by atoms with Gasteiger partial charge in [-0.2, -0.15) is 0 Å². The Labute approximate surface area is 153 Å². The van der Waals surface area contributed by atoms with E-state index in [0.717, 1.165) is 12.0 Å². The van der Waals surface area contributed by atoms with Crippen LogP contribution in [0.4, 0.5) is 4.39 Å². The average molecular weight is 363 g/mol. The highest BCUT2D eigenvalue weighted by molar-refractivity contribution is 5.79. The number of halogens is 1. The van der Waals surface area contributed by atoms with Crippen molar-refractivity contribution in [2.45, 2.75) is 31.8 Å². The second kappa shape index (κ2) is 8.14. The molecule has 1 atom stereocenters. The van der Waals surface area contributed by atoms with E-state index in [1.807, 2.05) is 13.0 Å². The highest BCUT2D eigenvalue weighted by atomic mass is 19.1. The van der Waals surface area contributed by atoms with Gasteiger partial charge in [0.1, 0.15) is 12.4 Å². The van der Waals surface area contributed by atoms with Crippen molar-refractivity contribution < 1.29 is 18.7 Å². The number of nitrogens with zero attached hydrogens (tertiary/aromatic N) is 2. The van der Waals surface area contributed by atoms with Gasteiger partial charge in [0.25, 0.3) is 0 Å². The summed E-state index contributed by atoms with van der Waals surface area (Å²) in [4.78, 5) is 28.4. The number of hydrogen-bond acceptors (Lipinski definition) is 4. The van der Waals surface area contributed by atoms with E-state index in [0.29, 0.717) is 45.8 Å². The first kappa shape index (κ1) is 18.8. The van der Waals surface area contributed by atoms with E-state index in [1.54, 1.807) is 11.0 Å². The van der Waals surface area contributed by atoms with Gasteiger partial charge in [-0.1, -0.05) is 12.1 Å². The van der Waals surface area contributed by atoms with Crippen LogP contribution in [0.2, 0.25) is 0 Å². The summed E-state index contributed by atoms with van der Waals surface area (Å²) < 4.78 is 18.7. The second-order valence-electron chi connectivity index (χ2n) is 7.12. The molecular weight excluding hydrogens is 337 g/mol. The lowest BCUT2D eigenvalue weighted by atomic mass is 9.98. The largest absolute Gasteiger partial charge is 0.372 e. The Morgan fingerprint density at radius 3 is 2.96 bits per heavy atom. The predicted molar refractivity (Wildman–Crippen MR) is 94.9 cm³/mol. The molecule has 7 heteroatoms. The Hall–Kier alpha value is -1.99. The molecule has 142 valence electrons. The van der Waals surface area contributed by atoms with Gasteiger partial charge in [0.15, 0.2) is 0 Å². The van der Waals surface area contributed by atoms with Gasteiger partial charge in [0, 0.05) is 45.8 Å². The van der Waals surface area contributed by atoms with E-state index in [4.69, 9.17) is 4.74 Å². The Balaban J connectivity index is 1.68. The fraction of sp³-hybridized carbons (Fsp3) is 0.579. The van der Waals surface area contributed by atoms with Crippen molar-refractivity contribution in [3.05, 3.63) is 35.6 Å². The SMILES string of the molecule is CCOCC(=O)N1CCC2(CN(Cc3cccc(F)c3)CCC(=O)N2)C1. The monoisotopic (exact) mass is 363 g/mol. The molecule has 2 saturated heterocycles. The number of nitrogens with one attached hydrogen (secondary N) is 1. The number of carbonyl (C=O) groups excluding carboxylic acids is 2. The van der Waals surface area contributed by atoms with Crippen LogP contribution in [0.3, 0.4) is 0 Å². The van der Waals surface area contributed by atoms with E-state index >= 15 is 0 Å². The third-order valence-corrected chi connectivity index (χ3v) is 5.02. The van der Waals surface area contributed by atoms with E-state index in [1.165, 1.54) is 12.1 Å². The lowest BCUT2D eigenvalue weighted by Gasteiger charge is -2.33. The molecule has 0 bridgehead atoms. The molecule has 1 spiro atoms. The molecule has 2 heterocycles. The second-order valence-corrected chi connectivity index (χ2v) is 7.12. The molecule has 1 unspecified atom stereocenters. The first-order chi connectivity index (χ1) is 12.5. The lowest BCUT2D eigenvalue weighted by Crippen LogP contribution is -2.55. The molecule has 6 nitrogen and oxygen atoms in total. The minimum Gasteiger partial charge on any atom is -0.372 e. The van der Waals surface area contributed by atoms with Crippen LogP contribution in [0.1, 0.15) is 25.3 Å². The fourth-order valence-corrected chi connectivity index (χ4v) is 3.79. The number of benzene rings is 1. The Morgan fingerprint density at radius 2 is 2.19 bits per heavy atom. The van der Waals surface area contributed by atoms with Gasteiger partial charge in [-0.25, -0.2) is 4.39 Å². The topological polar surface area (TPSA) is 61.9 Å². The zero-order valence-corrected chi connectivity index (χ0v) is 15.2. The summed E-state index contributed by atoms with van der Waals surface area (Å²) in [6, 6.07) is 6.55. The van der Waals surface area contributed by atoms with Crippen LogP contribution < -0.4 is 5.32 Å². The van der Waals surface area contributed by atoms with E-state index in [9.17, 15) is 14.0 Å². The highest BCUT2D eigenvalue weighted by Gasteiger charge is 2.43. The quantitative estimate of drug-likeness (QED) is 0.853. The Morgan fingerprint density at radius 1 is 1.35 bits per heavy atom. The van der Waals surface area contributed by atoms with Crippen LogP contribution in [-0.4, -0.2) is 66.5 Å². The molecule has 2 aliphatic heterocycles. The zero-order valence-electron chi connectivity index (χ0n) is 15.2. The number of carbonyl (C=O) groups is 2. The molecule has 26 heavy (non-hydrogen) atoms. The molecule has 1 aromatic rings. The van der Waals surface area contributed by atoms with Crippen LogP contribution in [0.25, 0.3) is 0 Å². The molecule has 2 aliphatic rings. The van der Waals surface area contributed by atoms with Crippen molar-refractivity contribution >= 4 is 11.8 Å². The van der Waals surface area contributed by atoms with E-state index < -0.39 is 5.54 Å². The first-order valence-corrected chi connectivity index (χ1v) is 9.13. The van der Waals surface area contributed by atoms with Gasteiger partial charge in [-0.05, 0) is 31.0 Å². The summed E-state index contributed by atoms with van der Waals surface area (Å²) in [5, 5.41) is 3.13. The van der Waals surface area contributed by atoms with Crippen molar-refractivity contribution in [1.29, 1.82) is 0 Å². The molecular formula is C19H26FN3O3. The average Bonchev–Trinajstić information content (AvgIpc) is 2.94. The highest BCUT2D eigenvalue weighted by Crippen LogP contribution is 2.26. The van der Waals surface area contributed by atoms with E-state index in [-0.39, 0.29) is 24.2 Å². The van der Waals surface area contributed by atoms with Gasteiger partial charge in [0.2, 0.25) is 11.8 Å². The maximum absolute atomic E-state index is 13.5. The van der Waals surface area contributed by atoms with Crippen LogP contribution in [0.5, 0.6) is 0 Å². The Bertz CT molecular complexity index is 669. The molecule has 2 amide bonds. The van der Waals surface area contributed by atoms with Crippen LogP contribution in [0, 0.1) is 5.82 Å². The van der Waals surface area contributed by atoms with Crippen molar-refractivity contribution in [3.8, 4) is 0 Å². The van der Waals surface area contributed by atoms with Gasteiger partial charge in [0.05, 0.1) is 5.54 Å². The molecule has 0 aliphatic carbocycles. The van der Waals surface area contributed by atoms with Gasteiger partial charge in [-0.15, -0.1) is 0 Å².